The Morgan fingerprint density at radius 3 is 2.49 bits per heavy atom. The van der Waals surface area contributed by atoms with E-state index in [0.717, 1.165) is 11.1 Å². The zero-order chi connectivity index (χ0) is 27.5. The summed E-state index contributed by atoms with van der Waals surface area (Å²) in [6.45, 7) is 7.66. The quantitative estimate of drug-likeness (QED) is 0.326. The van der Waals surface area contributed by atoms with Crippen LogP contribution in [0.2, 0.25) is 0 Å². The molecule has 2 amide bonds. The highest BCUT2D eigenvalue weighted by molar-refractivity contribution is 14.1. The summed E-state index contributed by atoms with van der Waals surface area (Å²) in [6, 6.07) is 10.1. The van der Waals surface area contributed by atoms with Gasteiger partial charge in [-0.2, -0.15) is 30.0 Å². The molecule has 0 bridgehead atoms. The molecular weight excluding hydrogens is 616 g/mol. The van der Waals surface area contributed by atoms with E-state index in [4.69, 9.17) is 0 Å². The third kappa shape index (κ3) is 7.18. The van der Waals surface area contributed by atoms with Crippen LogP contribution >= 0.6 is 34.4 Å². The highest BCUT2D eigenvalue weighted by Crippen LogP contribution is 2.31. The summed E-state index contributed by atoms with van der Waals surface area (Å²) in [6.07, 6.45) is -2.60. The number of hydrogen-bond donors (Lipinski definition) is 2. The summed E-state index contributed by atoms with van der Waals surface area (Å²) in [5, 5.41) is 11.1. The van der Waals surface area contributed by atoms with E-state index in [1.165, 1.54) is 5.01 Å². The fourth-order valence-electron chi connectivity index (χ4n) is 4.11. The summed E-state index contributed by atoms with van der Waals surface area (Å²) in [5.41, 5.74) is 1.43. The minimum atomic E-state index is -4.42. The van der Waals surface area contributed by atoms with Crippen LogP contribution in [0.3, 0.4) is 0 Å². The smallest absolute Gasteiger partial charge is 0.346 e. The van der Waals surface area contributed by atoms with Crippen LogP contribution in [-0.2, 0) is 0 Å². The third-order valence-electron chi connectivity index (χ3n) is 6.02. The average molecular weight is 647 g/mol. The first-order valence-corrected chi connectivity index (χ1v) is 14.1. The summed E-state index contributed by atoms with van der Waals surface area (Å²) in [5.74, 6) is -0.0258. The zero-order valence-corrected chi connectivity index (χ0v) is 24.3. The minimum Gasteiger partial charge on any atom is -0.346 e. The van der Waals surface area contributed by atoms with Crippen LogP contribution in [0, 0.1) is 10.5 Å². The Bertz CT molecular complexity index is 1220. The largest absolute Gasteiger partial charge is 0.431 e. The number of nitrogens with one attached hydrogen (secondary N) is 2. The topological polar surface area (TPSA) is 73.8 Å². The van der Waals surface area contributed by atoms with Crippen molar-refractivity contribution in [1.82, 2.24) is 10.3 Å². The number of carbonyl (C=O) groups excluding carboxylic acids is 2. The molecule has 0 aromatic heterocycles. The van der Waals surface area contributed by atoms with Crippen molar-refractivity contribution < 1.29 is 22.8 Å². The first kappa shape index (κ1) is 29.3. The lowest BCUT2D eigenvalue weighted by Crippen LogP contribution is -2.46. The summed E-state index contributed by atoms with van der Waals surface area (Å²) in [4.78, 5) is 26.4. The number of alkyl halides is 3. The number of hydrazone groups is 1. The van der Waals surface area contributed by atoms with E-state index >= 15 is 0 Å². The number of nitrogens with zero attached hydrogens (tertiary/aromatic N) is 2. The number of rotatable bonds is 8. The third-order valence-corrected chi connectivity index (χ3v) is 7.93. The molecule has 3 rings (SSSR count). The van der Waals surface area contributed by atoms with E-state index in [0.29, 0.717) is 20.6 Å². The maximum atomic E-state index is 13.3. The van der Waals surface area contributed by atoms with Crippen LogP contribution in [0.15, 0.2) is 41.5 Å². The van der Waals surface area contributed by atoms with E-state index in [1.54, 1.807) is 49.0 Å². The molecule has 2 N–H and O–H groups in total. The Morgan fingerprint density at radius 2 is 1.89 bits per heavy atom. The Morgan fingerprint density at radius 1 is 1.19 bits per heavy atom. The Hall–Kier alpha value is -2.28. The molecule has 200 valence electrons. The molecular formula is C26H30F3IN4O2S. The van der Waals surface area contributed by atoms with Crippen molar-refractivity contribution in [3.8, 4) is 0 Å². The predicted molar refractivity (Wildman–Crippen MR) is 151 cm³/mol. The fourth-order valence-corrected chi connectivity index (χ4v) is 5.65. The van der Waals surface area contributed by atoms with Gasteiger partial charge in [0.2, 0.25) is 0 Å². The lowest BCUT2D eigenvalue weighted by Gasteiger charge is -2.26. The first-order valence-electron chi connectivity index (χ1n) is 11.7. The summed E-state index contributed by atoms with van der Waals surface area (Å²) in [7, 11) is 0. The van der Waals surface area contributed by atoms with Gasteiger partial charge in [0.15, 0.2) is 0 Å². The highest BCUT2D eigenvalue weighted by Gasteiger charge is 2.39. The molecule has 0 aliphatic carbocycles. The summed E-state index contributed by atoms with van der Waals surface area (Å²) >= 11 is 3.67. The fraction of sp³-hybridized carbons (Fsp3) is 0.423. The van der Waals surface area contributed by atoms with Gasteiger partial charge in [0, 0.05) is 33.5 Å². The number of halogens is 4. The number of benzene rings is 2. The summed E-state index contributed by atoms with van der Waals surface area (Å²) < 4.78 is 39.6. The second-order valence-electron chi connectivity index (χ2n) is 9.60. The molecule has 2 aromatic carbocycles. The van der Waals surface area contributed by atoms with Crippen molar-refractivity contribution in [3.05, 3.63) is 62.2 Å². The Balaban J connectivity index is 1.80. The molecule has 1 atom stereocenters. The van der Waals surface area contributed by atoms with Crippen molar-refractivity contribution in [2.75, 3.05) is 23.9 Å². The van der Waals surface area contributed by atoms with Crippen LogP contribution in [0.1, 0.15) is 65.1 Å². The van der Waals surface area contributed by atoms with Crippen molar-refractivity contribution in [3.63, 3.8) is 0 Å². The second-order valence-corrected chi connectivity index (χ2v) is 11.6. The number of amides is 2. The van der Waals surface area contributed by atoms with Crippen molar-refractivity contribution >= 4 is 57.6 Å². The molecule has 0 spiro atoms. The van der Waals surface area contributed by atoms with Gasteiger partial charge in [-0.1, -0.05) is 18.2 Å². The van der Waals surface area contributed by atoms with E-state index in [2.05, 4.69) is 15.7 Å². The van der Waals surface area contributed by atoms with Crippen molar-refractivity contribution in [2.45, 2.75) is 51.9 Å². The lowest BCUT2D eigenvalue weighted by atomic mass is 10.0. The van der Waals surface area contributed by atoms with Crippen LogP contribution < -0.4 is 10.6 Å². The number of aryl methyl sites for hydroxylation is 1. The van der Waals surface area contributed by atoms with E-state index in [-0.39, 0.29) is 30.5 Å². The van der Waals surface area contributed by atoms with Gasteiger partial charge in [-0.15, -0.1) is 0 Å². The van der Waals surface area contributed by atoms with E-state index in [1.807, 2.05) is 55.7 Å². The number of hydrogen-bond acceptors (Lipinski definition) is 5. The molecule has 0 saturated heterocycles. The highest BCUT2D eigenvalue weighted by atomic mass is 127. The van der Waals surface area contributed by atoms with Gasteiger partial charge in [0.05, 0.1) is 17.2 Å². The van der Waals surface area contributed by atoms with Crippen LogP contribution in [0.25, 0.3) is 0 Å². The Labute approximate surface area is 233 Å². The Kier molecular flexibility index (Phi) is 9.20. The van der Waals surface area contributed by atoms with Gasteiger partial charge in [0.1, 0.15) is 5.71 Å². The molecule has 6 nitrogen and oxygen atoms in total. The SMILES string of the molecule is CSCC(C)(C)NC(=O)c1c(I)cccc1C(=O)Nc1ccc(C(C)N2CCC(C(F)(F)F)=N2)cc1C. The molecule has 1 unspecified atom stereocenters. The van der Waals surface area contributed by atoms with Crippen LogP contribution in [0.5, 0.6) is 0 Å². The zero-order valence-electron chi connectivity index (χ0n) is 21.3. The first-order chi connectivity index (χ1) is 17.2. The number of thioether (sulfide) groups is 1. The number of anilines is 1. The minimum absolute atomic E-state index is 0.138. The normalized spacial score (nSPS) is 14.8. The van der Waals surface area contributed by atoms with E-state index in [9.17, 15) is 22.8 Å². The van der Waals surface area contributed by atoms with Crippen LogP contribution in [-0.4, -0.2) is 52.8 Å². The van der Waals surface area contributed by atoms with Gasteiger partial charge in [-0.25, -0.2) is 0 Å². The maximum Gasteiger partial charge on any atom is 0.431 e. The molecule has 0 radical (unpaired) electrons. The molecule has 1 aliphatic rings. The monoisotopic (exact) mass is 646 g/mol. The van der Waals surface area contributed by atoms with Crippen molar-refractivity contribution in [1.29, 1.82) is 0 Å². The molecule has 0 fully saturated rings. The van der Waals surface area contributed by atoms with E-state index < -0.39 is 23.3 Å². The molecule has 37 heavy (non-hydrogen) atoms. The second kappa shape index (κ2) is 11.6. The van der Waals surface area contributed by atoms with Gasteiger partial charge >= 0.3 is 6.18 Å². The van der Waals surface area contributed by atoms with Gasteiger partial charge in [0.25, 0.3) is 11.8 Å². The maximum absolute atomic E-state index is 13.3. The molecule has 1 heterocycles. The number of carbonyl (C=O) groups is 2. The lowest BCUT2D eigenvalue weighted by molar-refractivity contribution is -0.0601. The van der Waals surface area contributed by atoms with Crippen molar-refractivity contribution in [2.24, 2.45) is 5.10 Å². The standard InChI is InChI=1S/C26H30F3IN4O2S/c1-15-13-17(16(2)34-12-11-21(33-34)26(27,28)29)9-10-20(15)31-23(35)18-7-6-8-19(30)22(18)24(36)32-25(3,4)14-37-5/h6-10,13,16H,11-12,14H2,1-5H3,(H,31,35)(H,32,36). The van der Waals surface area contributed by atoms with Gasteiger partial charge < -0.3 is 10.6 Å². The van der Waals surface area contributed by atoms with Gasteiger partial charge in [-0.05, 0) is 85.9 Å². The predicted octanol–water partition coefficient (Wildman–Crippen LogP) is 6.41. The molecule has 2 aromatic rings. The average Bonchev–Trinajstić information content (AvgIpc) is 3.30. The molecule has 11 heteroatoms. The van der Waals surface area contributed by atoms with Gasteiger partial charge in [-0.3, -0.25) is 14.6 Å². The molecule has 1 aliphatic heterocycles. The van der Waals surface area contributed by atoms with Crippen LogP contribution in [0.4, 0.5) is 18.9 Å². The molecule has 0 saturated carbocycles.